The van der Waals surface area contributed by atoms with Crippen LogP contribution in [0.1, 0.15) is 12.0 Å². The third-order valence-corrected chi connectivity index (χ3v) is 2.39. The number of nitrogen functional groups attached to an aromatic ring is 1. The summed E-state index contributed by atoms with van der Waals surface area (Å²) in [6, 6.07) is 0.683. The number of anilines is 1. The fourth-order valence-electron chi connectivity index (χ4n) is 0.695. The van der Waals surface area contributed by atoms with Gasteiger partial charge in [-0.2, -0.15) is 4.39 Å². The minimum Gasteiger partial charge on any atom is -0.383 e. The molecule has 0 radical (unpaired) electrons. The maximum absolute atomic E-state index is 12.4. The molecule has 6 heteroatoms. The molecule has 66 valence electrons. The van der Waals surface area contributed by atoms with E-state index in [9.17, 15) is 13.2 Å². The molecule has 2 N–H and O–H groups in total. The first-order chi connectivity index (χ1) is 5.52. The van der Waals surface area contributed by atoms with E-state index in [1.807, 2.05) is 0 Å². The number of aromatic nitrogens is 1. The Bertz CT molecular complexity index is 303. The summed E-state index contributed by atoms with van der Waals surface area (Å²) in [5, 5.41) is 0. The highest BCUT2D eigenvalue weighted by atomic mass is 127. The molecule has 0 saturated carbocycles. The molecule has 0 unspecified atom stereocenters. The van der Waals surface area contributed by atoms with Gasteiger partial charge < -0.3 is 5.73 Å². The van der Waals surface area contributed by atoms with Gasteiger partial charge in [0.1, 0.15) is 5.82 Å². The van der Waals surface area contributed by atoms with Crippen molar-refractivity contribution in [3.8, 4) is 0 Å². The summed E-state index contributed by atoms with van der Waals surface area (Å²) in [5.74, 6) is -1.19. The lowest BCUT2D eigenvalue weighted by Gasteiger charge is -2.04. The summed E-state index contributed by atoms with van der Waals surface area (Å²) in [6.45, 7) is 0. The Balaban J connectivity index is 3.28. The molecule has 0 spiro atoms. The van der Waals surface area contributed by atoms with Crippen LogP contribution < -0.4 is 5.73 Å². The first-order valence-corrected chi connectivity index (χ1v) is 4.00. The molecule has 1 aromatic rings. The van der Waals surface area contributed by atoms with Gasteiger partial charge in [-0.3, -0.25) is 0 Å². The predicted octanol–water partition coefficient (Wildman–Crippen LogP) is 2.35. The number of halogens is 4. The number of hydrogen-bond donors (Lipinski definition) is 1. The topological polar surface area (TPSA) is 38.9 Å². The molecule has 0 saturated heterocycles. The average molecular weight is 288 g/mol. The maximum Gasteiger partial charge on any atom is 0.265 e. The van der Waals surface area contributed by atoms with E-state index in [1.165, 1.54) is 0 Å². The van der Waals surface area contributed by atoms with Gasteiger partial charge in [0.15, 0.2) is 0 Å². The van der Waals surface area contributed by atoms with E-state index in [-0.39, 0.29) is 9.39 Å². The van der Waals surface area contributed by atoms with Crippen LogP contribution in [0.2, 0.25) is 0 Å². The van der Waals surface area contributed by atoms with E-state index in [4.69, 9.17) is 5.73 Å². The molecule has 0 aromatic carbocycles. The molecule has 1 heterocycles. The monoisotopic (exact) mass is 288 g/mol. The highest BCUT2D eigenvalue weighted by molar-refractivity contribution is 14.1. The lowest BCUT2D eigenvalue weighted by molar-refractivity contribution is 0.150. The van der Waals surface area contributed by atoms with E-state index >= 15 is 0 Å². The molecule has 2 nitrogen and oxygen atoms in total. The van der Waals surface area contributed by atoms with Crippen LogP contribution in [0.4, 0.5) is 19.0 Å². The van der Waals surface area contributed by atoms with Gasteiger partial charge in [-0.15, -0.1) is 0 Å². The number of alkyl halides is 2. The first kappa shape index (κ1) is 9.56. The van der Waals surface area contributed by atoms with Gasteiger partial charge in [-0.1, -0.05) is 0 Å². The number of nitrogens with zero attached hydrogens (tertiary/aromatic N) is 1. The molecule has 0 aliphatic rings. The van der Waals surface area contributed by atoms with Crippen LogP contribution in [-0.4, -0.2) is 4.98 Å². The summed E-state index contributed by atoms with van der Waals surface area (Å²) < 4.78 is 36.8. The standard InChI is InChI=1S/C6H4F3IN2/c7-3-1-2(5(8)9)4(10)6(11)12-3/h1,5H,(H2,11,12). The van der Waals surface area contributed by atoms with Crippen LogP contribution in [-0.2, 0) is 0 Å². The lowest BCUT2D eigenvalue weighted by Crippen LogP contribution is -2.01. The Morgan fingerprint density at radius 3 is 2.58 bits per heavy atom. The smallest absolute Gasteiger partial charge is 0.265 e. The fraction of sp³-hybridized carbons (Fsp3) is 0.167. The quantitative estimate of drug-likeness (QED) is 0.636. The predicted molar refractivity (Wildman–Crippen MR) is 46.3 cm³/mol. The summed E-state index contributed by atoms with van der Waals surface area (Å²) in [5.41, 5.74) is 4.75. The second kappa shape index (κ2) is 3.46. The van der Waals surface area contributed by atoms with Gasteiger partial charge >= 0.3 is 0 Å². The Morgan fingerprint density at radius 2 is 2.08 bits per heavy atom. The molecular weight excluding hydrogens is 284 g/mol. The van der Waals surface area contributed by atoms with Crippen molar-refractivity contribution < 1.29 is 13.2 Å². The minimum absolute atomic E-state index is 0.101. The number of pyridine rings is 1. The minimum atomic E-state index is -2.73. The molecule has 0 aliphatic carbocycles. The largest absolute Gasteiger partial charge is 0.383 e. The van der Waals surface area contributed by atoms with Crippen molar-refractivity contribution in [2.75, 3.05) is 5.73 Å². The molecular formula is C6H4F3IN2. The Hall–Kier alpha value is -0.530. The highest BCUT2D eigenvalue weighted by Crippen LogP contribution is 2.27. The van der Waals surface area contributed by atoms with Crippen molar-refractivity contribution in [2.24, 2.45) is 0 Å². The number of nitrogens with two attached hydrogens (primary N) is 1. The van der Waals surface area contributed by atoms with Crippen molar-refractivity contribution >= 4 is 28.4 Å². The summed E-state index contributed by atoms with van der Waals surface area (Å²) in [4.78, 5) is 3.19. The summed E-state index contributed by atoms with van der Waals surface area (Å²) >= 11 is 1.60. The summed E-state index contributed by atoms with van der Waals surface area (Å²) in [7, 11) is 0. The third kappa shape index (κ3) is 1.79. The van der Waals surface area contributed by atoms with Crippen LogP contribution in [0.3, 0.4) is 0 Å². The highest BCUT2D eigenvalue weighted by Gasteiger charge is 2.15. The molecule has 0 atom stereocenters. The zero-order chi connectivity index (χ0) is 9.30. The zero-order valence-electron chi connectivity index (χ0n) is 5.69. The van der Waals surface area contributed by atoms with E-state index in [1.54, 1.807) is 22.6 Å². The van der Waals surface area contributed by atoms with Crippen molar-refractivity contribution in [1.29, 1.82) is 0 Å². The Labute approximate surface area is 80.1 Å². The molecule has 0 amide bonds. The van der Waals surface area contributed by atoms with Crippen LogP contribution >= 0.6 is 22.6 Å². The molecule has 0 bridgehead atoms. The van der Waals surface area contributed by atoms with Gasteiger partial charge in [-0.05, 0) is 22.6 Å². The fourth-order valence-corrected chi connectivity index (χ4v) is 1.21. The Morgan fingerprint density at radius 1 is 1.50 bits per heavy atom. The van der Waals surface area contributed by atoms with Crippen molar-refractivity contribution in [1.82, 2.24) is 4.98 Å². The van der Waals surface area contributed by atoms with Crippen molar-refractivity contribution in [2.45, 2.75) is 6.43 Å². The van der Waals surface area contributed by atoms with Gasteiger partial charge in [0, 0.05) is 11.6 Å². The molecule has 0 fully saturated rings. The summed E-state index contributed by atoms with van der Waals surface area (Å²) in [6.07, 6.45) is -2.73. The molecule has 1 rings (SSSR count). The first-order valence-electron chi connectivity index (χ1n) is 2.92. The van der Waals surface area contributed by atoms with E-state index < -0.39 is 17.9 Å². The van der Waals surface area contributed by atoms with Gasteiger partial charge in [0.25, 0.3) is 6.43 Å². The van der Waals surface area contributed by atoms with Crippen molar-refractivity contribution in [3.05, 3.63) is 21.1 Å². The number of hydrogen-bond acceptors (Lipinski definition) is 2. The normalized spacial score (nSPS) is 10.8. The lowest BCUT2D eigenvalue weighted by atomic mass is 10.3. The van der Waals surface area contributed by atoms with Crippen LogP contribution in [0.15, 0.2) is 6.07 Å². The second-order valence-electron chi connectivity index (χ2n) is 2.03. The maximum atomic E-state index is 12.4. The third-order valence-electron chi connectivity index (χ3n) is 1.22. The van der Waals surface area contributed by atoms with Crippen LogP contribution in [0.25, 0.3) is 0 Å². The number of rotatable bonds is 1. The SMILES string of the molecule is Nc1nc(F)cc(C(F)F)c1I. The van der Waals surface area contributed by atoms with Gasteiger partial charge in [0.2, 0.25) is 5.95 Å². The van der Waals surface area contributed by atoms with E-state index in [0.717, 1.165) is 0 Å². The second-order valence-corrected chi connectivity index (χ2v) is 3.11. The molecule has 12 heavy (non-hydrogen) atoms. The molecule has 1 aromatic heterocycles. The van der Waals surface area contributed by atoms with Crippen LogP contribution in [0, 0.1) is 9.52 Å². The zero-order valence-corrected chi connectivity index (χ0v) is 7.85. The van der Waals surface area contributed by atoms with Crippen molar-refractivity contribution in [3.63, 3.8) is 0 Å². The molecule has 0 aliphatic heterocycles. The van der Waals surface area contributed by atoms with Crippen LogP contribution in [0.5, 0.6) is 0 Å². The van der Waals surface area contributed by atoms with Gasteiger partial charge in [-0.25, -0.2) is 13.8 Å². The van der Waals surface area contributed by atoms with Gasteiger partial charge in [0.05, 0.1) is 3.57 Å². The van der Waals surface area contributed by atoms with E-state index in [0.29, 0.717) is 6.07 Å². The Kier molecular flexibility index (Phi) is 2.76. The van der Waals surface area contributed by atoms with E-state index in [2.05, 4.69) is 4.98 Å². The average Bonchev–Trinajstić information content (AvgIpc) is 1.96.